The van der Waals surface area contributed by atoms with Crippen molar-refractivity contribution in [3.8, 4) is 0 Å². The predicted octanol–water partition coefficient (Wildman–Crippen LogP) is 2.23. The Morgan fingerprint density at radius 1 is 1.42 bits per heavy atom. The predicted molar refractivity (Wildman–Crippen MR) is 73.3 cm³/mol. The molecular formula is C12H11N5OS. The third-order valence-corrected chi connectivity index (χ3v) is 3.70. The molecule has 0 saturated carbocycles. The Hall–Kier alpha value is -2.28. The monoisotopic (exact) mass is 273 g/mol. The number of carbonyl (C=O) groups is 1. The second-order valence-corrected chi connectivity index (χ2v) is 5.01. The zero-order valence-electron chi connectivity index (χ0n) is 10.2. The second-order valence-electron chi connectivity index (χ2n) is 3.95. The molecule has 0 unspecified atom stereocenters. The van der Waals surface area contributed by atoms with Crippen LogP contribution in [0.2, 0.25) is 0 Å². The van der Waals surface area contributed by atoms with Gasteiger partial charge in [-0.3, -0.25) is 15.2 Å². The third-order valence-electron chi connectivity index (χ3n) is 2.72. The van der Waals surface area contributed by atoms with Gasteiger partial charge in [-0.15, -0.1) is 10.2 Å². The Bertz CT molecular complexity index is 732. The quantitative estimate of drug-likeness (QED) is 0.766. The van der Waals surface area contributed by atoms with Crippen LogP contribution in [0.15, 0.2) is 24.4 Å². The fourth-order valence-electron chi connectivity index (χ4n) is 1.78. The van der Waals surface area contributed by atoms with E-state index in [-0.39, 0.29) is 5.91 Å². The van der Waals surface area contributed by atoms with Crippen molar-refractivity contribution in [3.63, 3.8) is 0 Å². The van der Waals surface area contributed by atoms with E-state index in [9.17, 15) is 4.79 Å². The van der Waals surface area contributed by atoms with Gasteiger partial charge in [-0.05, 0) is 18.6 Å². The molecule has 2 aromatic heterocycles. The first kappa shape index (κ1) is 11.8. The van der Waals surface area contributed by atoms with Crippen LogP contribution in [0.5, 0.6) is 0 Å². The van der Waals surface area contributed by atoms with Crippen molar-refractivity contribution in [1.82, 2.24) is 20.4 Å². The van der Waals surface area contributed by atoms with Gasteiger partial charge in [0.25, 0.3) is 5.91 Å². The number of benzene rings is 1. The number of nitrogens with zero attached hydrogens (tertiary/aromatic N) is 3. The maximum absolute atomic E-state index is 12.2. The normalized spacial score (nSPS) is 10.8. The zero-order chi connectivity index (χ0) is 13.2. The number of aromatic nitrogens is 4. The molecule has 3 aromatic rings. The van der Waals surface area contributed by atoms with Gasteiger partial charge in [-0.25, -0.2) is 0 Å². The summed E-state index contributed by atoms with van der Waals surface area (Å²) in [7, 11) is 0. The summed E-state index contributed by atoms with van der Waals surface area (Å²) >= 11 is 1.39. The number of aromatic amines is 1. The lowest BCUT2D eigenvalue weighted by Crippen LogP contribution is -2.11. The Morgan fingerprint density at radius 2 is 2.32 bits per heavy atom. The number of nitrogens with one attached hydrogen (secondary N) is 2. The van der Waals surface area contributed by atoms with Gasteiger partial charge < -0.3 is 0 Å². The van der Waals surface area contributed by atoms with Crippen molar-refractivity contribution in [3.05, 3.63) is 35.0 Å². The molecule has 96 valence electrons. The molecule has 0 fully saturated rings. The van der Waals surface area contributed by atoms with Crippen LogP contribution in [-0.2, 0) is 6.42 Å². The lowest BCUT2D eigenvalue weighted by molar-refractivity contribution is 0.102. The minimum atomic E-state index is -0.203. The van der Waals surface area contributed by atoms with Crippen molar-refractivity contribution in [2.45, 2.75) is 13.3 Å². The van der Waals surface area contributed by atoms with E-state index in [4.69, 9.17) is 0 Å². The van der Waals surface area contributed by atoms with Crippen LogP contribution in [-0.4, -0.2) is 26.3 Å². The van der Waals surface area contributed by atoms with Crippen LogP contribution in [0, 0.1) is 0 Å². The number of amides is 1. The summed E-state index contributed by atoms with van der Waals surface area (Å²) in [5.74, 6) is -0.203. The van der Waals surface area contributed by atoms with Crippen molar-refractivity contribution in [2.24, 2.45) is 0 Å². The van der Waals surface area contributed by atoms with E-state index in [1.54, 1.807) is 12.3 Å². The van der Waals surface area contributed by atoms with Gasteiger partial charge >= 0.3 is 0 Å². The SMILES string of the molecule is CCc1nnc(NC(=O)c2cccc3[nH]ncc23)s1. The van der Waals surface area contributed by atoms with Gasteiger partial charge in [0.05, 0.1) is 17.3 Å². The molecule has 0 aliphatic carbocycles. The minimum Gasteiger partial charge on any atom is -0.296 e. The van der Waals surface area contributed by atoms with E-state index >= 15 is 0 Å². The van der Waals surface area contributed by atoms with E-state index in [2.05, 4.69) is 25.7 Å². The molecule has 0 aliphatic heterocycles. The summed E-state index contributed by atoms with van der Waals surface area (Å²) in [5, 5.41) is 19.6. The number of hydrogen-bond acceptors (Lipinski definition) is 5. The van der Waals surface area contributed by atoms with Crippen LogP contribution in [0.4, 0.5) is 5.13 Å². The fourth-order valence-corrected chi connectivity index (χ4v) is 2.45. The number of rotatable bonds is 3. The lowest BCUT2D eigenvalue weighted by Gasteiger charge is -2.02. The highest BCUT2D eigenvalue weighted by Gasteiger charge is 2.13. The topological polar surface area (TPSA) is 83.6 Å². The van der Waals surface area contributed by atoms with E-state index < -0.39 is 0 Å². The summed E-state index contributed by atoms with van der Waals surface area (Å²) in [6.07, 6.45) is 2.45. The average molecular weight is 273 g/mol. The first-order valence-electron chi connectivity index (χ1n) is 5.83. The minimum absolute atomic E-state index is 0.203. The lowest BCUT2D eigenvalue weighted by atomic mass is 10.1. The largest absolute Gasteiger partial charge is 0.296 e. The average Bonchev–Trinajstić information content (AvgIpc) is 3.05. The first-order valence-corrected chi connectivity index (χ1v) is 6.65. The number of hydrogen-bond donors (Lipinski definition) is 2. The van der Waals surface area contributed by atoms with Crippen LogP contribution < -0.4 is 5.32 Å². The van der Waals surface area contributed by atoms with Crippen LogP contribution in [0.25, 0.3) is 10.9 Å². The molecule has 0 saturated heterocycles. The maximum Gasteiger partial charge on any atom is 0.258 e. The van der Waals surface area contributed by atoms with Gasteiger partial charge in [0, 0.05) is 5.39 Å². The molecule has 0 radical (unpaired) electrons. The van der Waals surface area contributed by atoms with Crippen molar-refractivity contribution >= 4 is 33.3 Å². The molecule has 1 aromatic carbocycles. The fraction of sp³-hybridized carbons (Fsp3) is 0.167. The molecule has 0 atom stereocenters. The Balaban J connectivity index is 1.89. The molecule has 2 heterocycles. The zero-order valence-corrected chi connectivity index (χ0v) is 11.0. The second kappa shape index (κ2) is 4.77. The molecule has 0 aliphatic rings. The molecule has 0 bridgehead atoms. The maximum atomic E-state index is 12.2. The number of H-pyrrole nitrogens is 1. The van der Waals surface area contributed by atoms with Gasteiger partial charge in [-0.2, -0.15) is 5.10 Å². The third kappa shape index (κ3) is 2.19. The van der Waals surface area contributed by atoms with E-state index in [1.165, 1.54) is 11.3 Å². The van der Waals surface area contributed by atoms with Crippen molar-refractivity contribution in [2.75, 3.05) is 5.32 Å². The molecular weight excluding hydrogens is 262 g/mol. The molecule has 2 N–H and O–H groups in total. The van der Waals surface area contributed by atoms with E-state index in [1.807, 2.05) is 19.1 Å². The Labute approximate surface area is 112 Å². The number of aryl methyl sites for hydroxylation is 1. The molecule has 6 nitrogen and oxygen atoms in total. The van der Waals surface area contributed by atoms with Crippen LogP contribution in [0.1, 0.15) is 22.3 Å². The van der Waals surface area contributed by atoms with Gasteiger partial charge in [0.2, 0.25) is 5.13 Å². The van der Waals surface area contributed by atoms with E-state index in [0.29, 0.717) is 10.7 Å². The smallest absolute Gasteiger partial charge is 0.258 e. The Kier molecular flexibility index (Phi) is 2.96. The molecule has 3 rings (SSSR count). The van der Waals surface area contributed by atoms with Gasteiger partial charge in [0.1, 0.15) is 5.01 Å². The Morgan fingerprint density at radius 3 is 3.11 bits per heavy atom. The van der Waals surface area contributed by atoms with Crippen molar-refractivity contribution in [1.29, 1.82) is 0 Å². The highest BCUT2D eigenvalue weighted by molar-refractivity contribution is 7.15. The van der Waals surface area contributed by atoms with Crippen molar-refractivity contribution < 1.29 is 4.79 Å². The van der Waals surface area contributed by atoms with E-state index in [0.717, 1.165) is 22.3 Å². The first-order chi connectivity index (χ1) is 9.28. The summed E-state index contributed by atoms with van der Waals surface area (Å²) < 4.78 is 0. The van der Waals surface area contributed by atoms with Crippen LogP contribution >= 0.6 is 11.3 Å². The molecule has 19 heavy (non-hydrogen) atoms. The molecule has 7 heteroatoms. The summed E-state index contributed by atoms with van der Waals surface area (Å²) in [4.78, 5) is 12.2. The highest BCUT2D eigenvalue weighted by atomic mass is 32.1. The summed E-state index contributed by atoms with van der Waals surface area (Å²) in [6, 6.07) is 5.45. The summed E-state index contributed by atoms with van der Waals surface area (Å²) in [6.45, 7) is 2.00. The molecule has 0 spiro atoms. The molecule has 1 amide bonds. The standard InChI is InChI=1S/C12H11N5OS/c1-2-10-16-17-12(19-10)14-11(18)7-4-3-5-9-8(7)6-13-15-9/h3-6H,2H2,1H3,(H,13,15)(H,14,17,18). The number of carbonyl (C=O) groups excluding carboxylic acids is 1. The van der Waals surface area contributed by atoms with Gasteiger partial charge in [0.15, 0.2) is 0 Å². The van der Waals surface area contributed by atoms with Crippen LogP contribution in [0.3, 0.4) is 0 Å². The van der Waals surface area contributed by atoms with Gasteiger partial charge in [-0.1, -0.05) is 24.3 Å². The summed E-state index contributed by atoms with van der Waals surface area (Å²) in [5.41, 5.74) is 1.40. The number of anilines is 1. The number of fused-ring (bicyclic) bond motifs is 1. The highest BCUT2D eigenvalue weighted by Crippen LogP contribution is 2.20.